The fraction of sp³-hybridized carbons (Fsp3) is 0. The molecule has 2 rings (SSSR count). The number of nitriles is 2. The highest BCUT2D eigenvalue weighted by molar-refractivity contribution is 6.12. The van der Waals surface area contributed by atoms with Crippen molar-refractivity contribution in [3.63, 3.8) is 0 Å². The quantitative estimate of drug-likeness (QED) is 0.475. The highest BCUT2D eigenvalue weighted by Gasteiger charge is 2.14. The Balaban J connectivity index is 2.31. The first-order chi connectivity index (χ1) is 9.24. The number of nitrogens with zero attached hydrogens (tertiary/aromatic N) is 2. The molecule has 0 saturated heterocycles. The predicted octanol–water partition coefficient (Wildman–Crippen LogP) is 2.94. The van der Waals surface area contributed by atoms with Gasteiger partial charge in [-0.3, -0.25) is 4.79 Å². The summed E-state index contributed by atoms with van der Waals surface area (Å²) in [6, 6.07) is 13.5. The third-order valence-corrected chi connectivity index (χ3v) is 2.46. The van der Waals surface area contributed by atoms with Crippen LogP contribution in [0.3, 0.4) is 0 Å². The van der Waals surface area contributed by atoms with Crippen molar-refractivity contribution in [2.45, 2.75) is 0 Å². The van der Waals surface area contributed by atoms with Crippen LogP contribution in [0.4, 0.5) is 0 Å². The third-order valence-electron chi connectivity index (χ3n) is 2.46. The molecule has 0 spiro atoms. The molecule has 0 aliphatic carbocycles. The zero-order chi connectivity index (χ0) is 13.7. The number of hydrogen-bond donors (Lipinski definition) is 0. The van der Waals surface area contributed by atoms with Crippen molar-refractivity contribution in [2.24, 2.45) is 0 Å². The van der Waals surface area contributed by atoms with Gasteiger partial charge in [-0.15, -0.1) is 0 Å². The van der Waals surface area contributed by atoms with E-state index in [-0.39, 0.29) is 11.3 Å². The minimum atomic E-state index is -0.461. The predicted molar refractivity (Wildman–Crippen MR) is 67.8 cm³/mol. The molecule has 0 unspecified atom stereocenters. The fourth-order valence-electron chi connectivity index (χ4n) is 1.51. The first kappa shape index (κ1) is 12.3. The number of hydrogen-bond acceptors (Lipinski definition) is 4. The van der Waals surface area contributed by atoms with Crippen LogP contribution < -0.4 is 0 Å². The van der Waals surface area contributed by atoms with Crippen LogP contribution in [0.5, 0.6) is 0 Å². The highest BCUT2D eigenvalue weighted by Crippen LogP contribution is 2.13. The molecule has 19 heavy (non-hydrogen) atoms. The monoisotopic (exact) mass is 248 g/mol. The van der Waals surface area contributed by atoms with E-state index in [9.17, 15) is 4.79 Å². The van der Waals surface area contributed by atoms with Crippen LogP contribution >= 0.6 is 0 Å². The van der Waals surface area contributed by atoms with Crippen molar-refractivity contribution in [2.75, 3.05) is 0 Å². The van der Waals surface area contributed by atoms with Crippen LogP contribution in [0.25, 0.3) is 6.08 Å². The number of carbonyl (C=O) groups is 1. The molecule has 0 radical (unpaired) electrons. The van der Waals surface area contributed by atoms with Gasteiger partial charge in [0.05, 0.1) is 17.9 Å². The van der Waals surface area contributed by atoms with Gasteiger partial charge in [-0.05, 0) is 35.9 Å². The van der Waals surface area contributed by atoms with Gasteiger partial charge in [0.15, 0.2) is 5.76 Å². The van der Waals surface area contributed by atoms with Gasteiger partial charge < -0.3 is 4.42 Å². The Bertz CT molecular complexity index is 696. The van der Waals surface area contributed by atoms with E-state index in [2.05, 4.69) is 0 Å². The summed E-state index contributed by atoms with van der Waals surface area (Å²) in [6.07, 6.45) is 2.84. The second-order valence-electron chi connectivity index (χ2n) is 3.71. The smallest absolute Gasteiger partial charge is 0.238 e. The molecule has 0 aliphatic heterocycles. The Morgan fingerprint density at radius 1 is 1.16 bits per heavy atom. The van der Waals surface area contributed by atoms with Gasteiger partial charge in [-0.2, -0.15) is 10.5 Å². The maximum atomic E-state index is 11.9. The molecule has 4 heteroatoms. The number of benzene rings is 1. The molecule has 0 atom stereocenters. The average molecular weight is 248 g/mol. The van der Waals surface area contributed by atoms with Gasteiger partial charge in [0, 0.05) is 0 Å². The van der Waals surface area contributed by atoms with Crippen LogP contribution in [0.15, 0.2) is 52.7 Å². The molecule has 0 amide bonds. The lowest BCUT2D eigenvalue weighted by molar-refractivity contribution is 0.101. The molecule has 1 aromatic heterocycles. The van der Waals surface area contributed by atoms with E-state index in [1.165, 1.54) is 18.4 Å². The first-order valence-corrected chi connectivity index (χ1v) is 5.45. The van der Waals surface area contributed by atoms with Crippen molar-refractivity contribution in [3.8, 4) is 12.1 Å². The van der Waals surface area contributed by atoms with Gasteiger partial charge in [-0.1, -0.05) is 12.1 Å². The van der Waals surface area contributed by atoms with Crippen molar-refractivity contribution in [1.82, 2.24) is 0 Å². The number of allylic oxidation sites excluding steroid dienone is 1. The largest absolute Gasteiger partial charge is 0.461 e. The summed E-state index contributed by atoms with van der Waals surface area (Å²) in [5, 5.41) is 17.7. The van der Waals surface area contributed by atoms with E-state index in [0.29, 0.717) is 11.1 Å². The second-order valence-corrected chi connectivity index (χ2v) is 3.71. The third kappa shape index (κ3) is 2.77. The van der Waals surface area contributed by atoms with Gasteiger partial charge in [0.25, 0.3) is 0 Å². The highest BCUT2D eigenvalue weighted by atomic mass is 16.3. The Hall–Kier alpha value is -3.11. The molecular formula is C15H8N2O2. The molecule has 0 fully saturated rings. The summed E-state index contributed by atoms with van der Waals surface area (Å²) >= 11 is 0. The first-order valence-electron chi connectivity index (χ1n) is 5.45. The number of ketones is 1. The summed E-state index contributed by atoms with van der Waals surface area (Å²) < 4.78 is 4.97. The Kier molecular flexibility index (Phi) is 3.56. The zero-order valence-electron chi connectivity index (χ0n) is 9.83. The molecule has 0 saturated carbocycles. The number of rotatable bonds is 3. The van der Waals surface area contributed by atoms with Gasteiger partial charge in [0.1, 0.15) is 11.6 Å². The Morgan fingerprint density at radius 3 is 2.42 bits per heavy atom. The van der Waals surface area contributed by atoms with E-state index in [1.54, 1.807) is 30.3 Å². The standard InChI is InChI=1S/C15H8N2O2/c16-9-12-5-3-11(4-6-12)8-13(10-17)15(18)14-2-1-7-19-14/h1-8H/b13-8+. The summed E-state index contributed by atoms with van der Waals surface area (Å²) in [4.78, 5) is 11.9. The summed E-state index contributed by atoms with van der Waals surface area (Å²) in [7, 11) is 0. The molecule has 2 aromatic rings. The topological polar surface area (TPSA) is 77.8 Å². The SMILES string of the molecule is N#C/C(=C\c1ccc(C#N)cc1)C(=O)c1ccco1. The van der Waals surface area contributed by atoms with E-state index in [1.807, 2.05) is 12.1 Å². The molecule has 0 aliphatic rings. The van der Waals surface area contributed by atoms with Gasteiger partial charge >= 0.3 is 0 Å². The molecule has 1 aromatic carbocycles. The van der Waals surface area contributed by atoms with Crippen LogP contribution in [0.2, 0.25) is 0 Å². The van der Waals surface area contributed by atoms with Crippen molar-refractivity contribution in [3.05, 3.63) is 65.1 Å². The van der Waals surface area contributed by atoms with Crippen molar-refractivity contribution < 1.29 is 9.21 Å². The fourth-order valence-corrected chi connectivity index (χ4v) is 1.51. The van der Waals surface area contributed by atoms with E-state index < -0.39 is 5.78 Å². The van der Waals surface area contributed by atoms with E-state index in [4.69, 9.17) is 14.9 Å². The lowest BCUT2D eigenvalue weighted by Gasteiger charge is -1.96. The Morgan fingerprint density at radius 2 is 1.89 bits per heavy atom. The molecular weight excluding hydrogens is 240 g/mol. The average Bonchev–Trinajstić information content (AvgIpc) is 2.99. The normalized spacial score (nSPS) is 10.5. The van der Waals surface area contributed by atoms with Crippen LogP contribution in [-0.4, -0.2) is 5.78 Å². The van der Waals surface area contributed by atoms with Crippen molar-refractivity contribution in [1.29, 1.82) is 10.5 Å². The van der Waals surface area contributed by atoms with Gasteiger partial charge in [-0.25, -0.2) is 0 Å². The minimum Gasteiger partial charge on any atom is -0.461 e. The van der Waals surface area contributed by atoms with Gasteiger partial charge in [0.2, 0.25) is 5.78 Å². The van der Waals surface area contributed by atoms with Crippen LogP contribution in [-0.2, 0) is 0 Å². The summed E-state index contributed by atoms with van der Waals surface area (Å²) in [5.74, 6) is -0.335. The molecule has 1 heterocycles. The van der Waals surface area contributed by atoms with E-state index >= 15 is 0 Å². The molecule has 0 bridgehead atoms. The lowest BCUT2D eigenvalue weighted by atomic mass is 10.1. The second kappa shape index (κ2) is 5.48. The van der Waals surface area contributed by atoms with Crippen LogP contribution in [0.1, 0.15) is 21.7 Å². The number of carbonyl (C=O) groups excluding carboxylic acids is 1. The number of furan rings is 1. The van der Waals surface area contributed by atoms with Crippen molar-refractivity contribution >= 4 is 11.9 Å². The summed E-state index contributed by atoms with van der Waals surface area (Å²) in [5.41, 5.74) is 1.18. The Labute approximate surface area is 109 Å². The zero-order valence-corrected chi connectivity index (χ0v) is 9.83. The van der Waals surface area contributed by atoms with Crippen LogP contribution in [0, 0.1) is 22.7 Å². The summed E-state index contributed by atoms with van der Waals surface area (Å²) in [6.45, 7) is 0. The number of Topliss-reactive ketones (excluding diaryl/α,β-unsaturated/α-hetero) is 1. The minimum absolute atomic E-state index is 0.0142. The molecule has 4 nitrogen and oxygen atoms in total. The molecule has 90 valence electrons. The van der Waals surface area contributed by atoms with E-state index in [0.717, 1.165) is 0 Å². The lowest BCUT2D eigenvalue weighted by Crippen LogP contribution is -1.99. The maximum Gasteiger partial charge on any atom is 0.238 e. The molecule has 0 N–H and O–H groups in total. The maximum absolute atomic E-state index is 11.9.